The quantitative estimate of drug-likeness (QED) is 0.671. The van der Waals surface area contributed by atoms with Gasteiger partial charge in [-0.25, -0.2) is 4.79 Å². The van der Waals surface area contributed by atoms with Gasteiger partial charge in [0, 0.05) is 31.7 Å². The lowest BCUT2D eigenvalue weighted by atomic mass is 10.1. The van der Waals surface area contributed by atoms with Crippen LogP contribution in [-0.2, 0) is 11.3 Å². The fourth-order valence-corrected chi connectivity index (χ4v) is 4.31. The van der Waals surface area contributed by atoms with Gasteiger partial charge in [-0.1, -0.05) is 18.2 Å². The van der Waals surface area contributed by atoms with Gasteiger partial charge in [-0.2, -0.15) is 0 Å². The average molecular weight is 428 g/mol. The highest BCUT2D eigenvalue weighted by Gasteiger charge is 2.25. The summed E-state index contributed by atoms with van der Waals surface area (Å²) in [6, 6.07) is 11.7. The first-order valence-electron chi connectivity index (χ1n) is 11.3. The van der Waals surface area contributed by atoms with E-state index in [1.54, 1.807) is 0 Å². The summed E-state index contributed by atoms with van der Waals surface area (Å²) in [6.45, 7) is 5.86. The second-order valence-corrected chi connectivity index (χ2v) is 8.31. The zero-order valence-corrected chi connectivity index (χ0v) is 18.3. The van der Waals surface area contributed by atoms with E-state index in [2.05, 4.69) is 15.5 Å². The standard InChI is InChI=1S/C24H33N3O4/c1-18-10-11-23(30-18)21(27-12-14-29-15-13-27)17-26-24(28)25-16-19-6-2-5-9-22(19)31-20-7-3-4-8-20/h2,5-6,9-11,20-21H,3-4,7-8,12-17H2,1H3,(H2,25,26,28). The number of urea groups is 1. The van der Waals surface area contributed by atoms with Gasteiger partial charge < -0.3 is 24.5 Å². The molecule has 1 saturated heterocycles. The van der Waals surface area contributed by atoms with Crippen LogP contribution in [0.1, 0.15) is 48.8 Å². The molecule has 4 rings (SSSR count). The summed E-state index contributed by atoms with van der Waals surface area (Å²) in [5.41, 5.74) is 0.996. The third-order valence-corrected chi connectivity index (χ3v) is 6.04. The highest BCUT2D eigenvalue weighted by Crippen LogP contribution is 2.27. The minimum absolute atomic E-state index is 0.0127. The number of nitrogens with one attached hydrogen (secondary N) is 2. The summed E-state index contributed by atoms with van der Waals surface area (Å²) in [4.78, 5) is 14.9. The van der Waals surface area contributed by atoms with Crippen molar-refractivity contribution in [2.75, 3.05) is 32.8 Å². The summed E-state index contributed by atoms with van der Waals surface area (Å²) in [6.07, 6.45) is 4.97. The highest BCUT2D eigenvalue weighted by atomic mass is 16.5. The summed E-state index contributed by atoms with van der Waals surface area (Å²) < 4.78 is 17.5. The molecule has 0 spiro atoms. The molecule has 31 heavy (non-hydrogen) atoms. The van der Waals surface area contributed by atoms with Gasteiger partial charge in [0.25, 0.3) is 0 Å². The summed E-state index contributed by atoms with van der Waals surface area (Å²) >= 11 is 0. The van der Waals surface area contributed by atoms with E-state index in [-0.39, 0.29) is 12.1 Å². The minimum Gasteiger partial charge on any atom is -0.490 e. The third-order valence-electron chi connectivity index (χ3n) is 6.04. The van der Waals surface area contributed by atoms with Crippen molar-refractivity contribution in [3.8, 4) is 5.75 Å². The molecule has 1 aromatic carbocycles. The molecule has 168 valence electrons. The van der Waals surface area contributed by atoms with Crippen LogP contribution in [-0.4, -0.2) is 49.9 Å². The first-order chi connectivity index (χ1) is 15.2. The fraction of sp³-hybridized carbons (Fsp3) is 0.542. The monoisotopic (exact) mass is 427 g/mol. The van der Waals surface area contributed by atoms with Crippen molar-refractivity contribution in [2.24, 2.45) is 0 Å². The van der Waals surface area contributed by atoms with Crippen LogP contribution in [0.25, 0.3) is 0 Å². The number of ether oxygens (including phenoxy) is 2. The fourth-order valence-electron chi connectivity index (χ4n) is 4.31. The molecule has 2 aliphatic rings. The van der Waals surface area contributed by atoms with Crippen molar-refractivity contribution in [2.45, 2.75) is 51.3 Å². The largest absolute Gasteiger partial charge is 0.490 e. The molecule has 2 N–H and O–H groups in total. The minimum atomic E-state index is -0.197. The molecular formula is C24H33N3O4. The predicted octanol–water partition coefficient (Wildman–Crippen LogP) is 3.78. The van der Waals surface area contributed by atoms with E-state index in [1.165, 1.54) is 12.8 Å². The smallest absolute Gasteiger partial charge is 0.315 e. The van der Waals surface area contributed by atoms with Crippen molar-refractivity contribution in [1.82, 2.24) is 15.5 Å². The van der Waals surface area contributed by atoms with Gasteiger partial charge >= 0.3 is 6.03 Å². The van der Waals surface area contributed by atoms with E-state index in [1.807, 2.05) is 43.3 Å². The second kappa shape index (κ2) is 10.7. The third kappa shape index (κ3) is 6.02. The SMILES string of the molecule is Cc1ccc(C(CNC(=O)NCc2ccccc2OC2CCCC2)N2CCOCC2)o1. The van der Waals surface area contributed by atoms with Crippen LogP contribution >= 0.6 is 0 Å². The molecule has 1 saturated carbocycles. The molecule has 1 atom stereocenters. The molecule has 0 radical (unpaired) electrons. The molecule has 1 aliphatic heterocycles. The molecule has 7 nitrogen and oxygen atoms in total. The van der Waals surface area contributed by atoms with Gasteiger partial charge in [0.05, 0.1) is 25.4 Å². The van der Waals surface area contributed by atoms with Gasteiger partial charge in [-0.15, -0.1) is 0 Å². The number of aryl methyl sites for hydroxylation is 1. The van der Waals surface area contributed by atoms with Crippen LogP contribution in [0.2, 0.25) is 0 Å². The first kappa shape index (κ1) is 21.7. The number of para-hydroxylation sites is 1. The van der Waals surface area contributed by atoms with Crippen LogP contribution in [0.4, 0.5) is 4.79 Å². The van der Waals surface area contributed by atoms with Crippen LogP contribution < -0.4 is 15.4 Å². The van der Waals surface area contributed by atoms with E-state index < -0.39 is 0 Å². The zero-order valence-electron chi connectivity index (χ0n) is 18.3. The zero-order chi connectivity index (χ0) is 21.5. The number of carbonyl (C=O) groups is 1. The Hall–Kier alpha value is -2.51. The number of hydrogen-bond acceptors (Lipinski definition) is 5. The maximum absolute atomic E-state index is 12.6. The maximum Gasteiger partial charge on any atom is 0.315 e. The Morgan fingerprint density at radius 1 is 1.13 bits per heavy atom. The molecule has 1 aromatic heterocycles. The van der Waals surface area contributed by atoms with Crippen molar-refractivity contribution in [1.29, 1.82) is 0 Å². The normalized spacial score (nSPS) is 18.6. The van der Waals surface area contributed by atoms with Crippen LogP contribution in [0, 0.1) is 6.92 Å². The summed E-state index contributed by atoms with van der Waals surface area (Å²) in [5, 5.41) is 5.99. The van der Waals surface area contributed by atoms with Crippen LogP contribution in [0.15, 0.2) is 40.8 Å². The van der Waals surface area contributed by atoms with E-state index in [0.29, 0.717) is 32.4 Å². The van der Waals surface area contributed by atoms with E-state index in [4.69, 9.17) is 13.9 Å². The van der Waals surface area contributed by atoms with E-state index >= 15 is 0 Å². The molecule has 7 heteroatoms. The Morgan fingerprint density at radius 2 is 1.90 bits per heavy atom. The lowest BCUT2D eigenvalue weighted by Gasteiger charge is -2.33. The Balaban J connectivity index is 1.31. The second-order valence-electron chi connectivity index (χ2n) is 8.31. The number of benzene rings is 1. The van der Waals surface area contributed by atoms with Crippen molar-refractivity contribution >= 4 is 6.03 Å². The lowest BCUT2D eigenvalue weighted by molar-refractivity contribution is 0.0121. The lowest BCUT2D eigenvalue weighted by Crippen LogP contribution is -2.45. The number of morpholine rings is 1. The molecule has 1 unspecified atom stereocenters. The first-order valence-corrected chi connectivity index (χ1v) is 11.3. The number of amides is 2. The number of hydrogen-bond donors (Lipinski definition) is 2. The van der Waals surface area contributed by atoms with Gasteiger partial charge in [0.2, 0.25) is 0 Å². The van der Waals surface area contributed by atoms with Crippen molar-refractivity contribution in [3.63, 3.8) is 0 Å². The average Bonchev–Trinajstić information content (AvgIpc) is 3.46. The number of carbonyl (C=O) groups excluding carboxylic acids is 1. The van der Waals surface area contributed by atoms with Gasteiger partial charge in [0.1, 0.15) is 17.3 Å². The molecule has 2 aromatic rings. The van der Waals surface area contributed by atoms with E-state index in [9.17, 15) is 4.79 Å². The Kier molecular flexibility index (Phi) is 7.48. The molecule has 2 heterocycles. The molecule has 0 bridgehead atoms. The Bertz CT molecular complexity index is 841. The molecule has 1 aliphatic carbocycles. The molecular weight excluding hydrogens is 394 g/mol. The van der Waals surface area contributed by atoms with Crippen LogP contribution in [0.5, 0.6) is 5.75 Å². The summed E-state index contributed by atoms with van der Waals surface area (Å²) in [5.74, 6) is 2.61. The molecule has 2 fully saturated rings. The number of rotatable bonds is 8. The Labute approximate surface area is 184 Å². The van der Waals surface area contributed by atoms with E-state index in [0.717, 1.165) is 48.8 Å². The number of furan rings is 1. The van der Waals surface area contributed by atoms with Crippen molar-refractivity contribution in [3.05, 3.63) is 53.5 Å². The van der Waals surface area contributed by atoms with Crippen molar-refractivity contribution < 1.29 is 18.7 Å². The highest BCUT2D eigenvalue weighted by molar-refractivity contribution is 5.74. The van der Waals surface area contributed by atoms with Gasteiger partial charge in [0.15, 0.2) is 0 Å². The van der Waals surface area contributed by atoms with Gasteiger partial charge in [-0.05, 0) is 50.8 Å². The maximum atomic E-state index is 12.6. The molecule has 2 amide bonds. The summed E-state index contributed by atoms with van der Waals surface area (Å²) in [7, 11) is 0. The van der Waals surface area contributed by atoms with Crippen LogP contribution in [0.3, 0.4) is 0 Å². The Morgan fingerprint density at radius 3 is 2.65 bits per heavy atom. The van der Waals surface area contributed by atoms with Gasteiger partial charge in [-0.3, -0.25) is 4.90 Å². The number of nitrogens with zero attached hydrogens (tertiary/aromatic N) is 1. The topological polar surface area (TPSA) is 76.0 Å². The predicted molar refractivity (Wildman–Crippen MR) is 118 cm³/mol.